The third-order valence-corrected chi connectivity index (χ3v) is 3.51. The van der Waals surface area contributed by atoms with Gasteiger partial charge < -0.3 is 4.74 Å². The van der Waals surface area contributed by atoms with Crippen molar-refractivity contribution >= 4 is 21.7 Å². The SMILES string of the molecule is Cc1ccc(Br)cc1OC(C)C(=O)c1ccc(F)cc1F. The number of hydrogen-bond donors (Lipinski definition) is 0. The van der Waals surface area contributed by atoms with Crippen LogP contribution in [-0.2, 0) is 0 Å². The number of rotatable bonds is 4. The second kappa shape index (κ2) is 6.35. The molecule has 0 heterocycles. The molecular weight excluding hydrogens is 342 g/mol. The van der Waals surface area contributed by atoms with E-state index in [-0.39, 0.29) is 5.56 Å². The molecule has 1 unspecified atom stereocenters. The summed E-state index contributed by atoms with van der Waals surface area (Å²) in [7, 11) is 0. The topological polar surface area (TPSA) is 26.3 Å². The first-order valence-electron chi connectivity index (χ1n) is 6.30. The van der Waals surface area contributed by atoms with Gasteiger partial charge in [-0.15, -0.1) is 0 Å². The third kappa shape index (κ3) is 3.67. The average molecular weight is 355 g/mol. The average Bonchev–Trinajstić information content (AvgIpc) is 2.42. The number of aryl methyl sites for hydroxylation is 1. The Balaban J connectivity index is 2.21. The van der Waals surface area contributed by atoms with Crippen molar-refractivity contribution in [1.29, 1.82) is 0 Å². The Morgan fingerprint density at radius 2 is 1.90 bits per heavy atom. The molecule has 0 saturated heterocycles. The zero-order valence-electron chi connectivity index (χ0n) is 11.5. The van der Waals surface area contributed by atoms with Gasteiger partial charge in [0.05, 0.1) is 5.56 Å². The fraction of sp³-hybridized carbons (Fsp3) is 0.188. The number of benzene rings is 2. The number of hydrogen-bond acceptors (Lipinski definition) is 2. The van der Waals surface area contributed by atoms with Gasteiger partial charge in [0, 0.05) is 10.5 Å². The smallest absolute Gasteiger partial charge is 0.205 e. The second-order valence-electron chi connectivity index (χ2n) is 4.66. The number of ether oxygens (including phenoxy) is 1. The molecule has 1 atom stereocenters. The molecule has 0 N–H and O–H groups in total. The van der Waals surface area contributed by atoms with E-state index >= 15 is 0 Å². The first-order chi connectivity index (χ1) is 9.88. The van der Waals surface area contributed by atoms with Crippen LogP contribution >= 0.6 is 15.9 Å². The molecule has 0 amide bonds. The molecule has 0 aliphatic heterocycles. The summed E-state index contributed by atoms with van der Waals surface area (Å²) in [6.07, 6.45) is -0.877. The molecule has 0 saturated carbocycles. The van der Waals surface area contributed by atoms with Crippen molar-refractivity contribution in [3.05, 3.63) is 63.6 Å². The van der Waals surface area contributed by atoms with Crippen LogP contribution in [0.15, 0.2) is 40.9 Å². The van der Waals surface area contributed by atoms with E-state index in [0.717, 1.165) is 22.2 Å². The van der Waals surface area contributed by atoms with Gasteiger partial charge in [-0.25, -0.2) is 8.78 Å². The van der Waals surface area contributed by atoms with Crippen LogP contribution in [0.4, 0.5) is 8.78 Å². The highest BCUT2D eigenvalue weighted by molar-refractivity contribution is 9.10. The highest BCUT2D eigenvalue weighted by Crippen LogP contribution is 2.25. The molecule has 2 aromatic carbocycles. The number of carbonyl (C=O) groups is 1. The van der Waals surface area contributed by atoms with Crippen molar-refractivity contribution in [2.75, 3.05) is 0 Å². The van der Waals surface area contributed by atoms with E-state index in [2.05, 4.69) is 15.9 Å². The van der Waals surface area contributed by atoms with Crippen LogP contribution in [-0.4, -0.2) is 11.9 Å². The molecule has 0 bridgehead atoms. The quantitative estimate of drug-likeness (QED) is 0.744. The lowest BCUT2D eigenvalue weighted by atomic mass is 10.1. The largest absolute Gasteiger partial charge is 0.482 e. The van der Waals surface area contributed by atoms with Crippen molar-refractivity contribution in [3.8, 4) is 5.75 Å². The predicted octanol–water partition coefficient (Wildman–Crippen LogP) is 4.69. The number of carbonyl (C=O) groups excluding carboxylic acids is 1. The third-order valence-electron chi connectivity index (χ3n) is 3.02. The van der Waals surface area contributed by atoms with Gasteiger partial charge >= 0.3 is 0 Å². The lowest BCUT2D eigenvalue weighted by molar-refractivity contribution is 0.0812. The minimum Gasteiger partial charge on any atom is -0.482 e. The van der Waals surface area contributed by atoms with Gasteiger partial charge in [0.1, 0.15) is 17.4 Å². The summed E-state index contributed by atoms with van der Waals surface area (Å²) in [5.41, 5.74) is 0.675. The van der Waals surface area contributed by atoms with Gasteiger partial charge in [0.25, 0.3) is 0 Å². The van der Waals surface area contributed by atoms with Crippen molar-refractivity contribution in [2.24, 2.45) is 0 Å². The van der Waals surface area contributed by atoms with Gasteiger partial charge in [-0.2, -0.15) is 0 Å². The summed E-state index contributed by atoms with van der Waals surface area (Å²) in [4.78, 5) is 12.2. The zero-order valence-corrected chi connectivity index (χ0v) is 13.1. The lowest BCUT2D eigenvalue weighted by Gasteiger charge is -2.16. The van der Waals surface area contributed by atoms with Gasteiger partial charge in [-0.1, -0.05) is 22.0 Å². The summed E-state index contributed by atoms with van der Waals surface area (Å²) >= 11 is 3.32. The molecule has 0 aliphatic carbocycles. The fourth-order valence-electron chi connectivity index (χ4n) is 1.85. The Hall–Kier alpha value is -1.75. The normalized spacial score (nSPS) is 12.0. The summed E-state index contributed by atoms with van der Waals surface area (Å²) in [6.45, 7) is 3.38. The maximum atomic E-state index is 13.6. The zero-order chi connectivity index (χ0) is 15.6. The molecule has 2 aromatic rings. The van der Waals surface area contributed by atoms with Gasteiger partial charge in [0.2, 0.25) is 5.78 Å². The molecule has 5 heteroatoms. The Kier molecular flexibility index (Phi) is 4.73. The van der Waals surface area contributed by atoms with Gasteiger partial charge in [-0.3, -0.25) is 4.79 Å². The number of Topliss-reactive ketones (excluding diaryl/α,β-unsaturated/α-hetero) is 1. The van der Waals surface area contributed by atoms with E-state index in [1.807, 2.05) is 19.1 Å². The molecule has 0 fully saturated rings. The van der Waals surface area contributed by atoms with E-state index in [9.17, 15) is 13.6 Å². The molecule has 21 heavy (non-hydrogen) atoms. The van der Waals surface area contributed by atoms with E-state index in [0.29, 0.717) is 11.8 Å². The standard InChI is InChI=1S/C16H13BrF2O2/c1-9-3-4-11(17)7-15(9)21-10(2)16(20)13-6-5-12(18)8-14(13)19/h3-8,10H,1-2H3. The second-order valence-corrected chi connectivity index (χ2v) is 5.57. The van der Waals surface area contributed by atoms with Gasteiger partial charge in [0.15, 0.2) is 6.10 Å². The molecular formula is C16H13BrF2O2. The van der Waals surface area contributed by atoms with E-state index in [4.69, 9.17) is 4.74 Å². The Morgan fingerprint density at radius 3 is 2.57 bits per heavy atom. The first-order valence-corrected chi connectivity index (χ1v) is 7.10. The Bertz CT molecular complexity index is 686. The maximum Gasteiger partial charge on any atom is 0.205 e. The minimum atomic E-state index is -0.888. The molecule has 2 rings (SSSR count). The van der Waals surface area contributed by atoms with Crippen LogP contribution in [0.25, 0.3) is 0 Å². The van der Waals surface area contributed by atoms with Crippen LogP contribution in [0.1, 0.15) is 22.8 Å². The van der Waals surface area contributed by atoms with Crippen molar-refractivity contribution < 1.29 is 18.3 Å². The van der Waals surface area contributed by atoms with Crippen molar-refractivity contribution in [2.45, 2.75) is 20.0 Å². The minimum absolute atomic E-state index is 0.184. The number of ketones is 1. The highest BCUT2D eigenvalue weighted by Gasteiger charge is 2.21. The number of halogens is 3. The van der Waals surface area contributed by atoms with Crippen molar-refractivity contribution in [1.82, 2.24) is 0 Å². The van der Waals surface area contributed by atoms with Crippen LogP contribution < -0.4 is 4.74 Å². The Morgan fingerprint density at radius 1 is 1.19 bits per heavy atom. The predicted molar refractivity (Wildman–Crippen MR) is 79.7 cm³/mol. The van der Waals surface area contributed by atoms with E-state index in [1.165, 1.54) is 6.92 Å². The van der Waals surface area contributed by atoms with Crippen LogP contribution in [0.3, 0.4) is 0 Å². The van der Waals surface area contributed by atoms with Gasteiger partial charge in [-0.05, 0) is 43.7 Å². The summed E-state index contributed by atoms with van der Waals surface area (Å²) < 4.78 is 32.9. The van der Waals surface area contributed by atoms with E-state index < -0.39 is 23.5 Å². The molecule has 110 valence electrons. The maximum absolute atomic E-state index is 13.6. The molecule has 0 aliphatic rings. The molecule has 0 spiro atoms. The van der Waals surface area contributed by atoms with Crippen LogP contribution in [0.5, 0.6) is 5.75 Å². The van der Waals surface area contributed by atoms with Crippen molar-refractivity contribution in [3.63, 3.8) is 0 Å². The summed E-state index contributed by atoms with van der Waals surface area (Å²) in [5.74, 6) is -1.61. The summed E-state index contributed by atoms with van der Waals surface area (Å²) in [5, 5.41) is 0. The first kappa shape index (κ1) is 15.6. The van der Waals surface area contributed by atoms with Crippen LogP contribution in [0, 0.1) is 18.6 Å². The van der Waals surface area contributed by atoms with Crippen LogP contribution in [0.2, 0.25) is 0 Å². The lowest BCUT2D eigenvalue weighted by Crippen LogP contribution is -2.25. The fourth-order valence-corrected chi connectivity index (χ4v) is 2.19. The molecule has 0 aromatic heterocycles. The Labute approximate surface area is 129 Å². The highest BCUT2D eigenvalue weighted by atomic mass is 79.9. The molecule has 2 nitrogen and oxygen atoms in total. The summed E-state index contributed by atoms with van der Waals surface area (Å²) in [6, 6.07) is 8.29. The molecule has 0 radical (unpaired) electrons. The monoisotopic (exact) mass is 354 g/mol. The van der Waals surface area contributed by atoms with E-state index in [1.54, 1.807) is 6.07 Å².